The van der Waals surface area contributed by atoms with Crippen LogP contribution in [-0.2, 0) is 0 Å². The van der Waals surface area contributed by atoms with Gasteiger partial charge in [-0.15, -0.1) is 0 Å². The smallest absolute Gasteiger partial charge is 0.231 e. The third kappa shape index (κ3) is 3.73. The quantitative estimate of drug-likeness (QED) is 0.858. The van der Waals surface area contributed by atoms with E-state index in [1.165, 1.54) is 5.56 Å². The van der Waals surface area contributed by atoms with Crippen LogP contribution >= 0.6 is 0 Å². The number of benzene rings is 2. The van der Waals surface area contributed by atoms with E-state index in [1.54, 1.807) is 0 Å². The van der Waals surface area contributed by atoms with Crippen LogP contribution in [0.25, 0.3) is 0 Å². The summed E-state index contributed by atoms with van der Waals surface area (Å²) in [7, 11) is 0. The topological polar surface area (TPSA) is 49.0 Å². The molecule has 0 saturated carbocycles. The summed E-state index contributed by atoms with van der Waals surface area (Å²) in [5.41, 5.74) is 1.36. The third-order valence-corrected chi connectivity index (χ3v) is 5.04. The Kier molecular flexibility index (Phi) is 5.16. The van der Waals surface area contributed by atoms with Crippen molar-refractivity contribution in [1.29, 1.82) is 0 Å². The Balaban J connectivity index is 1.42. The fraction of sp³-hybridized carbons (Fsp3) is 0.429. The first-order valence-electron chi connectivity index (χ1n) is 9.29. The Hall–Kier alpha value is -2.40. The van der Waals surface area contributed by atoms with E-state index in [2.05, 4.69) is 29.6 Å². The number of hydrogen-bond acceptors (Lipinski definition) is 5. The molecule has 0 amide bonds. The molecule has 0 aromatic heterocycles. The highest BCUT2D eigenvalue weighted by molar-refractivity contribution is 5.46. The number of rotatable bonds is 6. The standard InChI is InChI=1S/C21H25NO4/c1-2-23-17-5-3-15(4-6-17)19-9-10-22-12-16(19)13-24-18-7-8-20-21(11-18)26-14-25-20/h3-8,11,16,19,22H,2,9-10,12-14H2,1H3/t16-,19-/m1/s1. The van der Waals surface area contributed by atoms with Crippen LogP contribution in [0.2, 0.25) is 0 Å². The molecule has 0 bridgehead atoms. The highest BCUT2D eigenvalue weighted by Crippen LogP contribution is 2.36. The summed E-state index contributed by atoms with van der Waals surface area (Å²) in [6.07, 6.45) is 1.11. The van der Waals surface area contributed by atoms with Crippen molar-refractivity contribution in [2.24, 2.45) is 5.92 Å². The molecule has 2 aliphatic rings. The minimum absolute atomic E-state index is 0.283. The second kappa shape index (κ2) is 7.87. The highest BCUT2D eigenvalue weighted by atomic mass is 16.7. The number of nitrogens with one attached hydrogen (secondary N) is 1. The minimum atomic E-state index is 0.283. The Morgan fingerprint density at radius 1 is 1.00 bits per heavy atom. The van der Waals surface area contributed by atoms with E-state index in [0.29, 0.717) is 25.0 Å². The Bertz CT molecular complexity index is 731. The maximum atomic E-state index is 6.08. The zero-order valence-corrected chi connectivity index (χ0v) is 15.1. The van der Waals surface area contributed by atoms with E-state index in [0.717, 1.165) is 42.5 Å². The van der Waals surface area contributed by atoms with E-state index < -0.39 is 0 Å². The maximum absolute atomic E-state index is 6.08. The van der Waals surface area contributed by atoms with Crippen LogP contribution in [0.15, 0.2) is 42.5 Å². The van der Waals surface area contributed by atoms with Gasteiger partial charge in [-0.05, 0) is 55.6 Å². The molecule has 4 rings (SSSR count). The van der Waals surface area contributed by atoms with Gasteiger partial charge in [-0.3, -0.25) is 0 Å². The van der Waals surface area contributed by atoms with Gasteiger partial charge in [0, 0.05) is 18.5 Å². The molecule has 26 heavy (non-hydrogen) atoms. The monoisotopic (exact) mass is 355 g/mol. The van der Waals surface area contributed by atoms with Crippen molar-refractivity contribution in [2.45, 2.75) is 19.3 Å². The van der Waals surface area contributed by atoms with Crippen LogP contribution in [0.4, 0.5) is 0 Å². The van der Waals surface area contributed by atoms with Crippen LogP contribution in [-0.4, -0.2) is 33.1 Å². The molecule has 0 spiro atoms. The molecule has 138 valence electrons. The molecule has 2 aromatic rings. The molecular formula is C21H25NO4. The fourth-order valence-electron chi connectivity index (χ4n) is 3.68. The van der Waals surface area contributed by atoms with Crippen molar-refractivity contribution in [3.63, 3.8) is 0 Å². The Labute approximate surface area is 154 Å². The zero-order valence-electron chi connectivity index (χ0n) is 15.1. The summed E-state index contributed by atoms with van der Waals surface area (Å²) >= 11 is 0. The largest absolute Gasteiger partial charge is 0.494 e. The van der Waals surface area contributed by atoms with Gasteiger partial charge in [0.05, 0.1) is 13.2 Å². The maximum Gasteiger partial charge on any atom is 0.231 e. The molecule has 1 N–H and O–H groups in total. The molecule has 1 saturated heterocycles. The van der Waals surface area contributed by atoms with Crippen LogP contribution in [0.1, 0.15) is 24.8 Å². The van der Waals surface area contributed by atoms with Crippen LogP contribution in [0, 0.1) is 5.92 Å². The van der Waals surface area contributed by atoms with E-state index in [9.17, 15) is 0 Å². The van der Waals surface area contributed by atoms with Gasteiger partial charge in [-0.2, -0.15) is 0 Å². The van der Waals surface area contributed by atoms with Gasteiger partial charge < -0.3 is 24.3 Å². The summed E-state index contributed by atoms with van der Waals surface area (Å²) < 4.78 is 22.4. The molecule has 0 aliphatic carbocycles. The van der Waals surface area contributed by atoms with Crippen LogP contribution < -0.4 is 24.3 Å². The number of ether oxygens (including phenoxy) is 4. The summed E-state index contributed by atoms with van der Waals surface area (Å²) in [5, 5.41) is 3.49. The third-order valence-electron chi connectivity index (χ3n) is 5.04. The predicted octanol–water partition coefficient (Wildman–Crippen LogP) is 3.59. The van der Waals surface area contributed by atoms with Crippen molar-refractivity contribution < 1.29 is 18.9 Å². The Morgan fingerprint density at radius 2 is 1.81 bits per heavy atom. The van der Waals surface area contributed by atoms with Crippen molar-refractivity contribution in [3.8, 4) is 23.0 Å². The van der Waals surface area contributed by atoms with Crippen molar-refractivity contribution in [3.05, 3.63) is 48.0 Å². The molecule has 2 aromatic carbocycles. The average molecular weight is 355 g/mol. The molecule has 2 heterocycles. The van der Waals surface area contributed by atoms with Crippen LogP contribution in [0.3, 0.4) is 0 Å². The Morgan fingerprint density at radius 3 is 2.65 bits per heavy atom. The first-order valence-corrected chi connectivity index (χ1v) is 9.29. The second-order valence-electron chi connectivity index (χ2n) is 6.69. The van der Waals surface area contributed by atoms with E-state index in [4.69, 9.17) is 18.9 Å². The molecule has 2 aliphatic heterocycles. The summed E-state index contributed by atoms with van der Waals surface area (Å²) in [6, 6.07) is 14.3. The normalized spacial score (nSPS) is 21.4. The first-order chi connectivity index (χ1) is 12.8. The highest BCUT2D eigenvalue weighted by Gasteiger charge is 2.27. The van der Waals surface area contributed by atoms with Gasteiger partial charge in [0.25, 0.3) is 0 Å². The molecule has 0 unspecified atom stereocenters. The average Bonchev–Trinajstić information content (AvgIpc) is 3.15. The van der Waals surface area contributed by atoms with Gasteiger partial charge in [0.2, 0.25) is 6.79 Å². The predicted molar refractivity (Wildman–Crippen MR) is 99.4 cm³/mol. The molecule has 2 atom stereocenters. The van der Waals surface area contributed by atoms with Crippen molar-refractivity contribution in [2.75, 3.05) is 33.1 Å². The van der Waals surface area contributed by atoms with Gasteiger partial charge in [-0.1, -0.05) is 12.1 Å². The molecule has 5 heteroatoms. The molecule has 1 fully saturated rings. The van der Waals surface area contributed by atoms with Gasteiger partial charge in [0.1, 0.15) is 11.5 Å². The van der Waals surface area contributed by atoms with Crippen molar-refractivity contribution in [1.82, 2.24) is 5.32 Å². The lowest BCUT2D eigenvalue weighted by Gasteiger charge is -2.32. The van der Waals surface area contributed by atoms with Gasteiger partial charge in [-0.25, -0.2) is 0 Å². The number of fused-ring (bicyclic) bond motifs is 1. The summed E-state index contributed by atoms with van der Waals surface area (Å²) in [5.74, 6) is 4.20. The van der Waals surface area contributed by atoms with Crippen LogP contribution in [0.5, 0.6) is 23.0 Å². The molecule has 5 nitrogen and oxygen atoms in total. The molecular weight excluding hydrogens is 330 g/mol. The molecule has 0 radical (unpaired) electrons. The van der Waals surface area contributed by atoms with E-state index >= 15 is 0 Å². The zero-order chi connectivity index (χ0) is 17.8. The minimum Gasteiger partial charge on any atom is -0.494 e. The number of piperidine rings is 1. The van der Waals surface area contributed by atoms with E-state index in [-0.39, 0.29) is 6.79 Å². The van der Waals surface area contributed by atoms with E-state index in [1.807, 2.05) is 25.1 Å². The lowest BCUT2D eigenvalue weighted by Crippen LogP contribution is -2.38. The lowest BCUT2D eigenvalue weighted by atomic mass is 9.81. The number of hydrogen-bond donors (Lipinski definition) is 1. The lowest BCUT2D eigenvalue weighted by molar-refractivity contribution is 0.173. The summed E-state index contributed by atoms with van der Waals surface area (Å²) in [4.78, 5) is 0. The summed E-state index contributed by atoms with van der Waals surface area (Å²) in [6.45, 7) is 5.65. The van der Waals surface area contributed by atoms with Gasteiger partial charge >= 0.3 is 0 Å². The second-order valence-corrected chi connectivity index (χ2v) is 6.69. The van der Waals surface area contributed by atoms with Crippen molar-refractivity contribution >= 4 is 0 Å². The first kappa shape index (κ1) is 17.0. The SMILES string of the molecule is CCOc1ccc([C@H]2CCNC[C@@H]2COc2ccc3c(c2)OCO3)cc1. The van der Waals surface area contributed by atoms with Gasteiger partial charge in [0.15, 0.2) is 11.5 Å². The fourth-order valence-corrected chi connectivity index (χ4v) is 3.68.